The number of nitrogens with zero attached hydrogens (tertiary/aromatic N) is 1. The molecular weight excluding hydrogens is 286 g/mol. The third-order valence-corrected chi connectivity index (χ3v) is 2.61. The van der Waals surface area contributed by atoms with Crippen molar-refractivity contribution < 1.29 is 29.5 Å². The van der Waals surface area contributed by atoms with Gasteiger partial charge in [-0.1, -0.05) is 0 Å². The smallest absolute Gasteiger partial charge is 0.326 e. The second-order valence-corrected chi connectivity index (χ2v) is 4.18. The van der Waals surface area contributed by atoms with Crippen molar-refractivity contribution in [2.75, 3.05) is 0 Å². The fraction of sp³-hybridized carbons (Fsp3) is 0.364. The van der Waals surface area contributed by atoms with E-state index < -0.39 is 28.8 Å². The lowest BCUT2D eigenvalue weighted by Crippen LogP contribution is -2.40. The molecule has 0 unspecified atom stereocenters. The van der Waals surface area contributed by atoms with Crippen LogP contribution in [0.1, 0.15) is 29.8 Å². The molecule has 10 nitrogen and oxygen atoms in total. The normalized spacial score (nSPS) is 11.6. The van der Waals surface area contributed by atoms with Gasteiger partial charge in [0.25, 0.3) is 11.6 Å². The van der Waals surface area contributed by atoms with Gasteiger partial charge in [0.05, 0.1) is 11.1 Å². The van der Waals surface area contributed by atoms with E-state index in [1.165, 1.54) is 0 Å². The van der Waals surface area contributed by atoms with Gasteiger partial charge in [-0.25, -0.2) is 4.79 Å². The lowest BCUT2D eigenvalue weighted by molar-refractivity contribution is -0.384. The van der Waals surface area contributed by atoms with Crippen LogP contribution in [-0.4, -0.2) is 44.0 Å². The van der Waals surface area contributed by atoms with E-state index in [0.717, 1.165) is 12.3 Å². The Morgan fingerprint density at radius 2 is 2.05 bits per heavy atom. The van der Waals surface area contributed by atoms with Gasteiger partial charge in [-0.2, -0.15) is 0 Å². The lowest BCUT2D eigenvalue weighted by Gasteiger charge is -2.13. The summed E-state index contributed by atoms with van der Waals surface area (Å²) in [5.74, 6) is -3.19. The number of carbonyl (C=O) groups is 3. The van der Waals surface area contributed by atoms with Crippen molar-refractivity contribution in [3.8, 4) is 0 Å². The Morgan fingerprint density at radius 3 is 2.52 bits per heavy atom. The number of carbonyl (C=O) groups excluding carboxylic acids is 1. The van der Waals surface area contributed by atoms with Crippen LogP contribution in [0.25, 0.3) is 0 Å². The predicted molar refractivity (Wildman–Crippen MR) is 67.8 cm³/mol. The highest BCUT2D eigenvalue weighted by Gasteiger charge is 2.22. The molecule has 0 aliphatic carbocycles. The van der Waals surface area contributed by atoms with Crippen LogP contribution < -0.4 is 5.32 Å². The number of hydrogen-bond donors (Lipinski definition) is 4. The van der Waals surface area contributed by atoms with Gasteiger partial charge in [0.2, 0.25) is 0 Å². The number of nitro groups is 1. The SMILES string of the molecule is O=C(O)CCC[C@@H](NC(=O)c1cc([N+](=O)[O-])c[nH]1)C(=O)O. The van der Waals surface area contributed by atoms with Gasteiger partial charge in [0, 0.05) is 12.5 Å². The molecule has 0 aliphatic heterocycles. The number of amides is 1. The van der Waals surface area contributed by atoms with Gasteiger partial charge in [-0.05, 0) is 12.8 Å². The summed E-state index contributed by atoms with van der Waals surface area (Å²) in [4.78, 5) is 45.2. The molecular formula is C11H13N3O7. The Balaban J connectivity index is 2.65. The molecule has 1 rings (SSSR count). The summed E-state index contributed by atoms with van der Waals surface area (Å²) in [5.41, 5.74) is -0.468. The fourth-order valence-corrected chi connectivity index (χ4v) is 1.57. The molecule has 0 spiro atoms. The Labute approximate surface area is 117 Å². The first-order chi connectivity index (χ1) is 9.81. The lowest BCUT2D eigenvalue weighted by atomic mass is 10.1. The first-order valence-electron chi connectivity index (χ1n) is 5.89. The second kappa shape index (κ2) is 7.03. The molecule has 1 aromatic heterocycles. The number of carboxylic acid groups (broad SMARTS) is 2. The maximum Gasteiger partial charge on any atom is 0.326 e. The number of carboxylic acids is 2. The quantitative estimate of drug-likeness (QED) is 0.397. The zero-order valence-corrected chi connectivity index (χ0v) is 10.7. The summed E-state index contributed by atoms with van der Waals surface area (Å²) in [7, 11) is 0. The number of nitrogens with one attached hydrogen (secondary N) is 2. The van der Waals surface area contributed by atoms with Crippen LogP contribution in [0.5, 0.6) is 0 Å². The third-order valence-electron chi connectivity index (χ3n) is 2.61. The summed E-state index contributed by atoms with van der Waals surface area (Å²) >= 11 is 0. The molecule has 0 fully saturated rings. The minimum atomic E-state index is -1.31. The van der Waals surface area contributed by atoms with Gasteiger partial charge in [-0.15, -0.1) is 0 Å². The van der Waals surface area contributed by atoms with E-state index in [1.807, 2.05) is 0 Å². The first-order valence-corrected chi connectivity index (χ1v) is 5.89. The summed E-state index contributed by atoms with van der Waals surface area (Å²) in [6.45, 7) is 0. The standard InChI is InChI=1S/C11H13N3O7/c15-9(16)3-1-2-7(11(18)19)13-10(17)8-4-6(5-12-8)14(20)21/h4-5,7,12H,1-3H2,(H,13,17)(H,15,16)(H,18,19)/t7-/m1/s1. The molecule has 1 atom stereocenters. The maximum absolute atomic E-state index is 11.7. The molecule has 21 heavy (non-hydrogen) atoms. The zero-order chi connectivity index (χ0) is 16.0. The van der Waals surface area contributed by atoms with E-state index in [9.17, 15) is 24.5 Å². The Morgan fingerprint density at radius 1 is 1.38 bits per heavy atom. The average Bonchev–Trinajstić information content (AvgIpc) is 2.86. The van der Waals surface area contributed by atoms with Crippen molar-refractivity contribution in [2.45, 2.75) is 25.3 Å². The van der Waals surface area contributed by atoms with Gasteiger partial charge < -0.3 is 20.5 Å². The third kappa shape index (κ3) is 4.93. The van der Waals surface area contributed by atoms with E-state index in [0.29, 0.717) is 0 Å². The minimum absolute atomic E-state index is 0.0594. The molecule has 0 radical (unpaired) electrons. The van der Waals surface area contributed by atoms with E-state index in [2.05, 4.69) is 10.3 Å². The van der Waals surface area contributed by atoms with Gasteiger partial charge in [0.1, 0.15) is 11.7 Å². The van der Waals surface area contributed by atoms with Crippen LogP contribution in [0, 0.1) is 10.1 Å². The van der Waals surface area contributed by atoms with Crippen LogP contribution in [0.3, 0.4) is 0 Å². The number of H-pyrrole nitrogens is 1. The average molecular weight is 299 g/mol. The monoisotopic (exact) mass is 299 g/mol. The zero-order valence-electron chi connectivity index (χ0n) is 10.7. The van der Waals surface area contributed by atoms with Crippen molar-refractivity contribution in [3.05, 3.63) is 28.1 Å². The highest BCUT2D eigenvalue weighted by molar-refractivity contribution is 5.95. The molecule has 0 saturated heterocycles. The highest BCUT2D eigenvalue weighted by Crippen LogP contribution is 2.12. The molecule has 1 heterocycles. The van der Waals surface area contributed by atoms with Crippen molar-refractivity contribution in [1.29, 1.82) is 0 Å². The summed E-state index contributed by atoms with van der Waals surface area (Å²) < 4.78 is 0. The molecule has 4 N–H and O–H groups in total. The Kier molecular flexibility index (Phi) is 5.40. The number of aromatic amines is 1. The van der Waals surface area contributed by atoms with Gasteiger partial charge in [-0.3, -0.25) is 19.7 Å². The highest BCUT2D eigenvalue weighted by atomic mass is 16.6. The van der Waals surface area contributed by atoms with Crippen LogP contribution in [-0.2, 0) is 9.59 Å². The molecule has 0 aliphatic rings. The summed E-state index contributed by atoms with van der Waals surface area (Å²) in [6, 6.07) is -0.287. The molecule has 10 heteroatoms. The van der Waals surface area contributed by atoms with E-state index in [-0.39, 0.29) is 30.6 Å². The largest absolute Gasteiger partial charge is 0.481 e. The van der Waals surface area contributed by atoms with E-state index in [4.69, 9.17) is 10.2 Å². The van der Waals surface area contributed by atoms with Crippen LogP contribution in [0.4, 0.5) is 5.69 Å². The topological polar surface area (TPSA) is 163 Å². The summed E-state index contributed by atoms with van der Waals surface area (Å²) in [6.07, 6.45) is 0.816. The second-order valence-electron chi connectivity index (χ2n) is 4.18. The number of aromatic nitrogens is 1. The van der Waals surface area contributed by atoms with Crippen LogP contribution in [0.15, 0.2) is 12.3 Å². The molecule has 1 aromatic rings. The number of hydrogen-bond acceptors (Lipinski definition) is 5. The molecule has 1 amide bonds. The van der Waals surface area contributed by atoms with Gasteiger partial charge >= 0.3 is 11.9 Å². The van der Waals surface area contributed by atoms with Crippen LogP contribution >= 0.6 is 0 Å². The Hall–Kier alpha value is -2.91. The minimum Gasteiger partial charge on any atom is -0.481 e. The number of rotatable bonds is 8. The van der Waals surface area contributed by atoms with Crippen molar-refractivity contribution in [3.63, 3.8) is 0 Å². The molecule has 0 saturated carbocycles. The fourth-order valence-electron chi connectivity index (χ4n) is 1.57. The van der Waals surface area contributed by atoms with Crippen molar-refractivity contribution >= 4 is 23.5 Å². The molecule has 0 aromatic carbocycles. The maximum atomic E-state index is 11.7. The van der Waals surface area contributed by atoms with Crippen LogP contribution in [0.2, 0.25) is 0 Å². The summed E-state index contributed by atoms with van der Waals surface area (Å²) in [5, 5.41) is 30.1. The predicted octanol–water partition coefficient (Wildman–Crippen LogP) is 0.361. The molecule has 0 bridgehead atoms. The number of aliphatic carboxylic acids is 2. The van der Waals surface area contributed by atoms with Gasteiger partial charge in [0.15, 0.2) is 0 Å². The Bertz CT molecular complexity index is 566. The van der Waals surface area contributed by atoms with Crippen molar-refractivity contribution in [1.82, 2.24) is 10.3 Å². The van der Waals surface area contributed by atoms with E-state index >= 15 is 0 Å². The molecule has 114 valence electrons. The van der Waals surface area contributed by atoms with Crippen molar-refractivity contribution in [2.24, 2.45) is 0 Å². The van der Waals surface area contributed by atoms with E-state index in [1.54, 1.807) is 0 Å². The first kappa shape index (κ1) is 16.1.